The standard InChI is InChI=1S/C19H15F2N5O2S3/c1-9(31-19-26-25-16(28-19)6-12-7-29-10(2)22-12)17(27)24-18-23-15(8-30-18)11-3-4-13(20)14(21)5-11/h3-5,7-9H,6H2,1-2H3,(H,23,24,27)/t9-/m0/s1. The average Bonchev–Trinajstić information content (AvgIpc) is 3.47. The molecule has 3 aromatic heterocycles. The number of thiazole rings is 2. The Kier molecular flexibility index (Phi) is 6.39. The molecule has 3 heterocycles. The van der Waals surface area contributed by atoms with Gasteiger partial charge in [-0.3, -0.25) is 4.79 Å². The van der Waals surface area contributed by atoms with Crippen LogP contribution in [0.1, 0.15) is 23.5 Å². The molecule has 12 heteroatoms. The van der Waals surface area contributed by atoms with E-state index in [1.54, 1.807) is 23.6 Å². The number of carbonyl (C=O) groups is 1. The van der Waals surface area contributed by atoms with Crippen LogP contribution in [0.15, 0.2) is 38.6 Å². The molecule has 1 amide bonds. The molecule has 4 aromatic rings. The first-order valence-electron chi connectivity index (χ1n) is 8.99. The van der Waals surface area contributed by atoms with Crippen molar-refractivity contribution < 1.29 is 18.0 Å². The Morgan fingerprint density at radius 3 is 2.77 bits per heavy atom. The van der Waals surface area contributed by atoms with Crippen LogP contribution in [-0.2, 0) is 11.2 Å². The number of anilines is 1. The molecule has 0 unspecified atom stereocenters. The van der Waals surface area contributed by atoms with Gasteiger partial charge in [0, 0.05) is 16.3 Å². The quantitative estimate of drug-likeness (QED) is 0.375. The lowest BCUT2D eigenvalue weighted by Gasteiger charge is -2.07. The predicted molar refractivity (Wildman–Crippen MR) is 115 cm³/mol. The summed E-state index contributed by atoms with van der Waals surface area (Å²) in [6.45, 7) is 3.63. The highest BCUT2D eigenvalue weighted by atomic mass is 32.2. The van der Waals surface area contributed by atoms with E-state index in [-0.39, 0.29) is 11.1 Å². The summed E-state index contributed by atoms with van der Waals surface area (Å²) in [5, 5.41) is 15.3. The predicted octanol–water partition coefficient (Wildman–Crippen LogP) is 4.95. The second kappa shape index (κ2) is 9.20. The van der Waals surface area contributed by atoms with Crippen LogP contribution in [-0.4, -0.2) is 31.3 Å². The fourth-order valence-corrected chi connectivity index (χ4v) is 4.57. The highest BCUT2D eigenvalue weighted by molar-refractivity contribution is 8.00. The molecule has 1 N–H and O–H groups in total. The summed E-state index contributed by atoms with van der Waals surface area (Å²) < 4.78 is 32.1. The number of aryl methyl sites for hydroxylation is 1. The molecule has 0 radical (unpaired) electrons. The van der Waals surface area contributed by atoms with E-state index in [1.165, 1.54) is 17.4 Å². The lowest BCUT2D eigenvalue weighted by molar-refractivity contribution is -0.115. The van der Waals surface area contributed by atoms with Crippen molar-refractivity contribution in [2.24, 2.45) is 0 Å². The molecule has 160 valence electrons. The molecule has 0 saturated heterocycles. The molecule has 0 aliphatic heterocycles. The Balaban J connectivity index is 1.35. The van der Waals surface area contributed by atoms with Gasteiger partial charge in [-0.1, -0.05) is 11.8 Å². The Labute approximate surface area is 188 Å². The number of nitrogens with zero attached hydrogens (tertiary/aromatic N) is 4. The molecule has 0 aliphatic carbocycles. The van der Waals surface area contributed by atoms with Crippen molar-refractivity contribution in [2.75, 3.05) is 5.32 Å². The lowest BCUT2D eigenvalue weighted by Crippen LogP contribution is -2.22. The Morgan fingerprint density at radius 1 is 1.19 bits per heavy atom. The maximum atomic E-state index is 13.4. The number of carbonyl (C=O) groups excluding carboxylic acids is 1. The minimum atomic E-state index is -0.954. The normalized spacial score (nSPS) is 12.1. The first kappa shape index (κ1) is 21.5. The van der Waals surface area contributed by atoms with Crippen molar-refractivity contribution in [1.82, 2.24) is 20.2 Å². The highest BCUT2D eigenvalue weighted by Gasteiger charge is 2.20. The zero-order valence-corrected chi connectivity index (χ0v) is 18.7. The molecule has 0 saturated carbocycles. The van der Waals surface area contributed by atoms with E-state index in [2.05, 4.69) is 25.5 Å². The van der Waals surface area contributed by atoms with E-state index >= 15 is 0 Å². The summed E-state index contributed by atoms with van der Waals surface area (Å²) in [6.07, 6.45) is 0.435. The maximum Gasteiger partial charge on any atom is 0.277 e. The Morgan fingerprint density at radius 2 is 2.03 bits per heavy atom. The number of thioether (sulfide) groups is 1. The fraction of sp³-hybridized carbons (Fsp3) is 0.211. The highest BCUT2D eigenvalue weighted by Crippen LogP contribution is 2.28. The smallest absolute Gasteiger partial charge is 0.277 e. The SMILES string of the molecule is Cc1nc(Cc2nnc(S[C@@H](C)C(=O)Nc3nc(-c4ccc(F)c(F)c4)cs3)o2)cs1. The number of hydrogen-bond acceptors (Lipinski definition) is 9. The molecule has 0 aliphatic rings. The van der Waals surface area contributed by atoms with Gasteiger partial charge in [0.25, 0.3) is 5.22 Å². The van der Waals surface area contributed by atoms with Crippen molar-refractivity contribution >= 4 is 45.5 Å². The third kappa shape index (κ3) is 5.32. The number of halogens is 2. The summed E-state index contributed by atoms with van der Waals surface area (Å²) in [6, 6.07) is 3.53. The maximum absolute atomic E-state index is 13.4. The number of aromatic nitrogens is 4. The van der Waals surface area contributed by atoms with Gasteiger partial charge >= 0.3 is 0 Å². The number of nitrogens with one attached hydrogen (secondary N) is 1. The molecule has 1 aromatic carbocycles. The van der Waals surface area contributed by atoms with Gasteiger partial charge in [-0.15, -0.1) is 32.9 Å². The monoisotopic (exact) mass is 479 g/mol. The number of amides is 1. The molecule has 7 nitrogen and oxygen atoms in total. The van der Waals surface area contributed by atoms with Crippen LogP contribution >= 0.6 is 34.4 Å². The first-order chi connectivity index (χ1) is 14.9. The molecule has 0 bridgehead atoms. The van der Waals surface area contributed by atoms with Crippen molar-refractivity contribution in [1.29, 1.82) is 0 Å². The van der Waals surface area contributed by atoms with Gasteiger partial charge in [-0.05, 0) is 32.0 Å². The third-order valence-corrected chi connectivity index (χ3v) is 6.56. The van der Waals surface area contributed by atoms with Gasteiger partial charge in [-0.2, -0.15) is 0 Å². The Bertz CT molecular complexity index is 1220. The van der Waals surface area contributed by atoms with Crippen LogP contribution in [0, 0.1) is 18.6 Å². The van der Waals surface area contributed by atoms with E-state index in [4.69, 9.17) is 4.42 Å². The van der Waals surface area contributed by atoms with Gasteiger partial charge in [0.05, 0.1) is 28.1 Å². The van der Waals surface area contributed by atoms with Crippen molar-refractivity contribution in [2.45, 2.75) is 30.7 Å². The first-order valence-corrected chi connectivity index (χ1v) is 11.6. The second-order valence-electron chi connectivity index (χ2n) is 6.41. The van der Waals surface area contributed by atoms with Crippen LogP contribution in [0.2, 0.25) is 0 Å². The van der Waals surface area contributed by atoms with Gasteiger partial charge < -0.3 is 9.73 Å². The van der Waals surface area contributed by atoms with Crippen molar-refractivity contribution in [3.63, 3.8) is 0 Å². The van der Waals surface area contributed by atoms with Gasteiger partial charge in [0.2, 0.25) is 11.8 Å². The molecule has 31 heavy (non-hydrogen) atoms. The van der Waals surface area contributed by atoms with E-state index in [0.29, 0.717) is 28.7 Å². The lowest BCUT2D eigenvalue weighted by atomic mass is 10.2. The largest absolute Gasteiger partial charge is 0.416 e. The van der Waals surface area contributed by atoms with Gasteiger partial charge in [-0.25, -0.2) is 18.7 Å². The minimum absolute atomic E-state index is 0.284. The van der Waals surface area contributed by atoms with E-state index in [1.807, 2.05) is 12.3 Å². The molecular formula is C19H15F2N5O2S3. The van der Waals surface area contributed by atoms with Crippen LogP contribution in [0.3, 0.4) is 0 Å². The summed E-state index contributed by atoms with van der Waals surface area (Å²) in [7, 11) is 0. The molecule has 0 fully saturated rings. The minimum Gasteiger partial charge on any atom is -0.416 e. The summed E-state index contributed by atoms with van der Waals surface area (Å²) in [5.41, 5.74) is 1.72. The number of hydrogen-bond donors (Lipinski definition) is 1. The molecule has 0 spiro atoms. The Hall–Kier alpha value is -2.70. The summed E-state index contributed by atoms with van der Waals surface area (Å²) >= 11 is 3.87. The zero-order valence-electron chi connectivity index (χ0n) is 16.3. The summed E-state index contributed by atoms with van der Waals surface area (Å²) in [5.74, 6) is -1.75. The van der Waals surface area contributed by atoms with Crippen molar-refractivity contribution in [3.05, 3.63) is 57.2 Å². The zero-order chi connectivity index (χ0) is 22.0. The number of rotatable bonds is 7. The van der Waals surface area contributed by atoms with Gasteiger partial charge in [0.1, 0.15) is 0 Å². The van der Waals surface area contributed by atoms with E-state index in [9.17, 15) is 13.6 Å². The topological polar surface area (TPSA) is 93.8 Å². The van der Waals surface area contributed by atoms with Crippen LogP contribution < -0.4 is 5.32 Å². The van der Waals surface area contributed by atoms with E-state index in [0.717, 1.165) is 34.6 Å². The van der Waals surface area contributed by atoms with Crippen LogP contribution in [0.25, 0.3) is 11.3 Å². The third-order valence-electron chi connectivity index (χ3n) is 4.04. The molecule has 1 atom stereocenters. The van der Waals surface area contributed by atoms with E-state index < -0.39 is 16.9 Å². The van der Waals surface area contributed by atoms with Crippen molar-refractivity contribution in [3.8, 4) is 11.3 Å². The average molecular weight is 480 g/mol. The van der Waals surface area contributed by atoms with Crippen LogP contribution in [0.4, 0.5) is 13.9 Å². The molecule has 4 rings (SSSR count). The van der Waals surface area contributed by atoms with Crippen LogP contribution in [0.5, 0.6) is 0 Å². The fourth-order valence-electron chi connectivity index (χ4n) is 2.53. The molecular weight excluding hydrogens is 464 g/mol. The number of benzene rings is 1. The second-order valence-corrected chi connectivity index (χ2v) is 9.62. The summed E-state index contributed by atoms with van der Waals surface area (Å²) in [4.78, 5) is 21.1. The van der Waals surface area contributed by atoms with Gasteiger partial charge in [0.15, 0.2) is 16.8 Å².